The minimum Gasteiger partial charge on any atom is -0.400 e. The first-order valence-electron chi connectivity index (χ1n) is 6.07. The summed E-state index contributed by atoms with van der Waals surface area (Å²) in [6, 6.07) is 1.10. The smallest absolute Gasteiger partial charge is 0.400 e. The van der Waals surface area contributed by atoms with E-state index in [0.29, 0.717) is 0 Å². The molecule has 0 radical (unpaired) electrons. The lowest BCUT2D eigenvalue weighted by Crippen LogP contribution is -2.41. The van der Waals surface area contributed by atoms with Crippen molar-refractivity contribution in [1.82, 2.24) is 4.98 Å². The van der Waals surface area contributed by atoms with Crippen LogP contribution in [-0.4, -0.2) is 23.3 Å². The molecule has 0 bridgehead atoms. The van der Waals surface area contributed by atoms with Gasteiger partial charge in [0.25, 0.3) is 0 Å². The lowest BCUT2D eigenvalue weighted by Gasteiger charge is -2.32. The number of hydrogen-bond donors (Lipinski definition) is 0. The fourth-order valence-corrected chi connectivity index (χ4v) is 1.72. The van der Waals surface area contributed by atoms with Crippen molar-refractivity contribution in [3.8, 4) is 0 Å². The molecule has 0 aliphatic carbocycles. The minimum absolute atomic E-state index is 0.197. The van der Waals surface area contributed by atoms with Crippen molar-refractivity contribution in [1.29, 1.82) is 0 Å². The molecular formula is C13H16BF2NO2. The number of halogens is 2. The minimum atomic E-state index is -0.854. The molecule has 0 spiro atoms. The van der Waals surface area contributed by atoms with Crippen molar-refractivity contribution in [3.63, 3.8) is 0 Å². The van der Waals surface area contributed by atoms with Gasteiger partial charge in [0.05, 0.1) is 16.8 Å². The van der Waals surface area contributed by atoms with E-state index in [1.54, 1.807) is 0 Å². The van der Waals surface area contributed by atoms with E-state index in [9.17, 15) is 8.78 Å². The van der Waals surface area contributed by atoms with Gasteiger partial charge in [-0.2, -0.15) is 4.39 Å². The van der Waals surface area contributed by atoms with Gasteiger partial charge in [0, 0.05) is 6.20 Å². The van der Waals surface area contributed by atoms with Gasteiger partial charge in [-0.3, -0.25) is 0 Å². The quantitative estimate of drug-likeness (QED) is 0.609. The Morgan fingerprint density at radius 1 is 1.16 bits per heavy atom. The highest BCUT2D eigenvalue weighted by molar-refractivity contribution is 6.52. The Bertz CT molecular complexity index is 481. The summed E-state index contributed by atoms with van der Waals surface area (Å²) in [4.78, 5) is 3.40. The van der Waals surface area contributed by atoms with E-state index in [4.69, 9.17) is 9.31 Å². The summed E-state index contributed by atoms with van der Waals surface area (Å²) in [6.07, 6.45) is 2.37. The van der Waals surface area contributed by atoms with Crippen molar-refractivity contribution >= 4 is 13.2 Å². The molecule has 1 aliphatic rings. The zero-order valence-electron chi connectivity index (χ0n) is 11.4. The topological polar surface area (TPSA) is 31.4 Å². The summed E-state index contributed by atoms with van der Waals surface area (Å²) < 4.78 is 38.1. The predicted molar refractivity (Wildman–Crippen MR) is 69.3 cm³/mol. The fraction of sp³-hybridized carbons (Fsp3) is 0.462. The van der Waals surface area contributed by atoms with Gasteiger partial charge < -0.3 is 9.31 Å². The monoisotopic (exact) mass is 267 g/mol. The van der Waals surface area contributed by atoms with Crippen molar-refractivity contribution in [2.24, 2.45) is 0 Å². The van der Waals surface area contributed by atoms with Crippen LogP contribution in [0.25, 0.3) is 6.08 Å². The van der Waals surface area contributed by atoms with Gasteiger partial charge in [-0.05, 0) is 33.8 Å². The van der Waals surface area contributed by atoms with E-state index in [2.05, 4.69) is 4.98 Å². The van der Waals surface area contributed by atoms with E-state index in [0.717, 1.165) is 12.3 Å². The van der Waals surface area contributed by atoms with E-state index in [1.165, 1.54) is 12.1 Å². The first-order chi connectivity index (χ1) is 8.73. The Kier molecular flexibility index (Phi) is 3.49. The predicted octanol–water partition coefficient (Wildman–Crippen LogP) is 3.00. The number of rotatable bonds is 2. The van der Waals surface area contributed by atoms with Crippen LogP contribution in [0.1, 0.15) is 33.3 Å². The van der Waals surface area contributed by atoms with Gasteiger partial charge in [0.1, 0.15) is 5.82 Å². The molecule has 0 aromatic carbocycles. The molecule has 1 saturated heterocycles. The average molecular weight is 267 g/mol. The van der Waals surface area contributed by atoms with Crippen LogP contribution in [-0.2, 0) is 9.31 Å². The summed E-state index contributed by atoms with van der Waals surface area (Å²) in [5.41, 5.74) is -1.15. The van der Waals surface area contributed by atoms with Crippen molar-refractivity contribution in [3.05, 3.63) is 35.6 Å². The van der Waals surface area contributed by atoms with Crippen LogP contribution in [0, 0.1) is 11.8 Å². The van der Waals surface area contributed by atoms with Crippen molar-refractivity contribution in [2.45, 2.75) is 38.9 Å². The first kappa shape index (κ1) is 14.2. The number of pyridine rings is 1. The molecule has 0 N–H and O–H groups in total. The lowest BCUT2D eigenvalue weighted by molar-refractivity contribution is 0.00578. The third kappa shape index (κ3) is 2.69. The molecule has 6 heteroatoms. The van der Waals surface area contributed by atoms with E-state index in [-0.39, 0.29) is 5.56 Å². The normalized spacial score (nSPS) is 21.3. The van der Waals surface area contributed by atoms with E-state index < -0.39 is 30.1 Å². The van der Waals surface area contributed by atoms with Crippen LogP contribution < -0.4 is 0 Å². The third-order valence-corrected chi connectivity index (χ3v) is 3.58. The molecule has 1 aliphatic heterocycles. The lowest BCUT2D eigenvalue weighted by atomic mass is 9.89. The highest BCUT2D eigenvalue weighted by Gasteiger charge is 2.50. The van der Waals surface area contributed by atoms with Crippen LogP contribution in [0.4, 0.5) is 8.78 Å². The maximum absolute atomic E-state index is 13.4. The maximum Gasteiger partial charge on any atom is 0.487 e. The maximum atomic E-state index is 13.4. The van der Waals surface area contributed by atoms with Crippen LogP contribution >= 0.6 is 0 Å². The molecule has 102 valence electrons. The molecule has 0 unspecified atom stereocenters. The second-order valence-corrected chi connectivity index (χ2v) is 5.48. The van der Waals surface area contributed by atoms with Crippen LogP contribution in [0.3, 0.4) is 0 Å². The third-order valence-electron chi connectivity index (χ3n) is 3.58. The first-order valence-corrected chi connectivity index (χ1v) is 6.07. The SMILES string of the molecule is CC1(C)OB(/C=C/c2c(F)ccnc2F)OC1(C)C. The van der Waals surface area contributed by atoms with Gasteiger partial charge in [0.2, 0.25) is 5.95 Å². The number of aromatic nitrogens is 1. The Hall–Kier alpha value is -1.27. The zero-order valence-corrected chi connectivity index (χ0v) is 11.4. The molecule has 2 heterocycles. The molecule has 0 saturated carbocycles. The number of hydrogen-bond acceptors (Lipinski definition) is 3. The molecule has 2 rings (SSSR count). The van der Waals surface area contributed by atoms with Crippen LogP contribution in [0.2, 0.25) is 0 Å². The summed E-state index contributed by atoms with van der Waals surface area (Å²) in [6.45, 7) is 7.64. The van der Waals surface area contributed by atoms with Crippen LogP contribution in [0.15, 0.2) is 18.2 Å². The highest BCUT2D eigenvalue weighted by atomic mass is 19.1. The van der Waals surface area contributed by atoms with E-state index in [1.807, 2.05) is 27.7 Å². The van der Waals surface area contributed by atoms with Gasteiger partial charge in [-0.25, -0.2) is 9.37 Å². The molecule has 3 nitrogen and oxygen atoms in total. The number of nitrogens with zero attached hydrogens (tertiary/aromatic N) is 1. The van der Waals surface area contributed by atoms with Gasteiger partial charge >= 0.3 is 7.12 Å². The van der Waals surface area contributed by atoms with Crippen LogP contribution in [0.5, 0.6) is 0 Å². The Morgan fingerprint density at radius 3 is 2.26 bits per heavy atom. The highest BCUT2D eigenvalue weighted by Crippen LogP contribution is 2.37. The molecule has 1 aromatic rings. The summed E-state index contributed by atoms with van der Waals surface area (Å²) in [5, 5.41) is 0. The van der Waals surface area contributed by atoms with Crippen molar-refractivity contribution in [2.75, 3.05) is 0 Å². The fourth-order valence-electron chi connectivity index (χ4n) is 1.72. The standard InChI is InChI=1S/C13H16BF2NO2/c1-12(2)13(3,4)19-14(18-12)7-5-9-10(15)6-8-17-11(9)16/h5-8H,1-4H3/b7-5+. The largest absolute Gasteiger partial charge is 0.487 e. The summed E-state index contributed by atoms with van der Waals surface area (Å²) in [5.74, 6) is -0.0346. The van der Waals surface area contributed by atoms with Gasteiger partial charge in [0.15, 0.2) is 0 Å². The summed E-state index contributed by atoms with van der Waals surface area (Å²) >= 11 is 0. The van der Waals surface area contributed by atoms with Gasteiger partial charge in [-0.15, -0.1) is 0 Å². The van der Waals surface area contributed by atoms with E-state index >= 15 is 0 Å². The molecule has 0 amide bonds. The summed E-state index contributed by atoms with van der Waals surface area (Å²) in [7, 11) is -0.635. The zero-order chi connectivity index (χ0) is 14.3. The van der Waals surface area contributed by atoms with Gasteiger partial charge in [-0.1, -0.05) is 12.1 Å². The average Bonchev–Trinajstić information content (AvgIpc) is 2.46. The molecule has 0 atom stereocenters. The Balaban J connectivity index is 2.18. The molecule has 1 fully saturated rings. The molecule has 1 aromatic heterocycles. The Morgan fingerprint density at radius 2 is 1.74 bits per heavy atom. The Labute approximate surface area is 111 Å². The molecular weight excluding hydrogens is 251 g/mol. The second-order valence-electron chi connectivity index (χ2n) is 5.48. The second kappa shape index (κ2) is 4.69. The molecule has 19 heavy (non-hydrogen) atoms. The van der Waals surface area contributed by atoms with Crippen molar-refractivity contribution < 1.29 is 18.1 Å².